The third kappa shape index (κ3) is 12.5. The van der Waals surface area contributed by atoms with E-state index in [1.165, 1.54) is 22.3 Å². The molecule has 0 fully saturated rings. The van der Waals surface area contributed by atoms with Crippen molar-refractivity contribution in [2.45, 2.75) is 26.2 Å². The number of hydrogen-bond acceptors (Lipinski definition) is 9. The Morgan fingerprint density at radius 2 is 0.622 bits per heavy atom. The maximum Gasteiger partial charge on any atom is 0.238 e. The first kappa shape index (κ1) is 78.1. The van der Waals surface area contributed by atoms with Crippen LogP contribution in [-0.2, 0) is 5.41 Å². The van der Waals surface area contributed by atoms with Crippen LogP contribution < -0.4 is 0 Å². The molecule has 8 aromatic heterocycles. The Balaban J connectivity index is 0.663. The standard InChI is InChI=1S/C121H80N14/c1-5-6-49-87-74(2)131(85-45-21-11-22-46-85)108-92(87)68-69-93-89-50-25-31-58-103(89)134(109(93)108)119-127-114(80-41-19-10-20-42-80)124-117(130-119)84-44-33-43-83(70-84)95-71-97-91-52-27-29-56-101(91)132(86-47-23-12-24-48-86)110(97)111-107(95)94-53-28-32-59-104(94)135(111)120-128-115(81-64-60-76(61-65-81)75-35-13-7-14-36-75)123-116(129-120)82-66-62-77(63-67-82)88-54-34-55-99-106(88)98-72-96-90-51-26-30-57-102(90)133(105(96)73-100(98)121(99,3)4)118-125-112(78-37-15-8-16-38-78)122-113(126-118)79-39-17-9-18-40-79/h5-73H,1H2,2-4H3/b49-6-. The molecule has 0 radical (unpaired) electrons. The molecule has 0 amide bonds. The number of para-hydroxylation sites is 6. The van der Waals surface area contributed by atoms with Crippen LogP contribution in [0, 0.1) is 6.92 Å². The fraction of sp³-hybridized carbons (Fsp3) is 0.0331. The highest BCUT2D eigenvalue weighted by atomic mass is 15.2. The Labute approximate surface area is 776 Å². The van der Waals surface area contributed by atoms with Gasteiger partial charge in [-0.05, 0) is 135 Å². The molecule has 14 nitrogen and oxygen atoms in total. The van der Waals surface area contributed by atoms with Crippen LogP contribution in [0.4, 0.5) is 0 Å². The lowest BCUT2D eigenvalue weighted by atomic mass is 9.81. The zero-order valence-corrected chi connectivity index (χ0v) is 73.8. The van der Waals surface area contributed by atoms with Gasteiger partial charge in [0, 0.05) is 110 Å². The van der Waals surface area contributed by atoms with Crippen molar-refractivity contribution in [2.75, 3.05) is 0 Å². The summed E-state index contributed by atoms with van der Waals surface area (Å²) in [6.45, 7) is 11.0. The van der Waals surface area contributed by atoms with E-state index in [9.17, 15) is 0 Å². The minimum absolute atomic E-state index is 0.404. The Morgan fingerprint density at radius 3 is 1.18 bits per heavy atom. The molecule has 0 saturated heterocycles. The van der Waals surface area contributed by atoms with Crippen LogP contribution in [0.1, 0.15) is 36.2 Å². The lowest BCUT2D eigenvalue weighted by Crippen LogP contribution is -2.15. The zero-order chi connectivity index (χ0) is 89.7. The minimum atomic E-state index is -0.404. The van der Waals surface area contributed by atoms with Crippen molar-refractivity contribution in [3.05, 3.63) is 441 Å². The van der Waals surface area contributed by atoms with E-state index < -0.39 is 5.41 Å². The Kier molecular flexibility index (Phi) is 18.0. The molecule has 0 aliphatic heterocycles. The van der Waals surface area contributed by atoms with Gasteiger partial charge in [0.25, 0.3) is 0 Å². The second kappa shape index (κ2) is 31.1. The largest absolute Gasteiger partial charge is 0.311 e. The van der Waals surface area contributed by atoms with Gasteiger partial charge in [-0.25, -0.2) is 15.0 Å². The summed E-state index contributed by atoms with van der Waals surface area (Å²) in [5.41, 5.74) is 29.0. The van der Waals surface area contributed by atoms with Gasteiger partial charge in [-0.1, -0.05) is 366 Å². The van der Waals surface area contributed by atoms with Crippen molar-refractivity contribution < 1.29 is 0 Å². The first-order valence-electron chi connectivity index (χ1n) is 45.6. The molecule has 1 aliphatic carbocycles. The molecular formula is C121H80N14. The topological polar surface area (TPSA) is 141 Å². The molecule has 0 N–H and O–H groups in total. The maximum atomic E-state index is 5.82. The van der Waals surface area contributed by atoms with Crippen LogP contribution in [0.2, 0.25) is 0 Å². The summed E-state index contributed by atoms with van der Waals surface area (Å²) < 4.78 is 11.6. The van der Waals surface area contributed by atoms with E-state index in [0.717, 1.165) is 188 Å². The second-order valence-electron chi connectivity index (χ2n) is 35.2. The van der Waals surface area contributed by atoms with Crippen molar-refractivity contribution >= 4 is 104 Å². The average Bonchev–Trinajstić information content (AvgIpc) is 1.54. The van der Waals surface area contributed by atoms with Crippen LogP contribution in [0.5, 0.6) is 0 Å². The third-order valence-corrected chi connectivity index (χ3v) is 27.2. The molecule has 14 heteroatoms. The summed E-state index contributed by atoms with van der Waals surface area (Å²) in [6, 6.07) is 142. The average molecular weight is 1730 g/mol. The van der Waals surface area contributed by atoms with E-state index >= 15 is 0 Å². The molecule has 8 heterocycles. The summed E-state index contributed by atoms with van der Waals surface area (Å²) in [6.07, 6.45) is 6.02. The smallest absolute Gasteiger partial charge is 0.238 e. The predicted molar refractivity (Wildman–Crippen MR) is 551 cm³/mol. The zero-order valence-electron chi connectivity index (χ0n) is 73.8. The van der Waals surface area contributed by atoms with Gasteiger partial charge in [0.05, 0.1) is 49.7 Å². The Morgan fingerprint density at radius 1 is 0.244 bits per heavy atom. The molecule has 0 spiro atoms. The number of benzene rings is 17. The molecule has 0 bridgehead atoms. The van der Waals surface area contributed by atoms with Crippen molar-refractivity contribution in [1.82, 2.24) is 67.7 Å². The van der Waals surface area contributed by atoms with Gasteiger partial charge in [-0.2, -0.15) is 29.9 Å². The summed E-state index contributed by atoms with van der Waals surface area (Å²) in [5.74, 6) is 4.78. The quantitative estimate of drug-likeness (QED) is 0.0865. The van der Waals surface area contributed by atoms with Crippen LogP contribution in [0.3, 0.4) is 0 Å². The monoisotopic (exact) mass is 1730 g/mol. The van der Waals surface area contributed by atoms with Crippen LogP contribution in [0.15, 0.2) is 419 Å². The van der Waals surface area contributed by atoms with Crippen molar-refractivity contribution in [2.24, 2.45) is 0 Å². The minimum Gasteiger partial charge on any atom is -0.311 e. The fourth-order valence-electron chi connectivity index (χ4n) is 21.0. The highest BCUT2D eigenvalue weighted by Crippen LogP contribution is 2.55. The summed E-state index contributed by atoms with van der Waals surface area (Å²) in [4.78, 5) is 49.7. The lowest BCUT2D eigenvalue weighted by molar-refractivity contribution is 0.661. The fourth-order valence-corrected chi connectivity index (χ4v) is 21.0. The molecule has 25 aromatic rings. The molecule has 1 aliphatic rings. The number of hydrogen-bond donors (Lipinski definition) is 0. The van der Waals surface area contributed by atoms with Crippen molar-refractivity contribution in [1.29, 1.82) is 0 Å². The van der Waals surface area contributed by atoms with Gasteiger partial charge in [0.2, 0.25) is 17.8 Å². The number of nitrogens with zero attached hydrogens (tertiary/aromatic N) is 14. The predicted octanol–water partition coefficient (Wildman–Crippen LogP) is 29.4. The summed E-state index contributed by atoms with van der Waals surface area (Å²) in [5, 5.41) is 9.59. The number of fused-ring (bicyclic) bond motifs is 18. The van der Waals surface area contributed by atoms with Gasteiger partial charge < -0.3 is 9.13 Å². The molecule has 17 aromatic carbocycles. The highest BCUT2D eigenvalue weighted by molar-refractivity contribution is 6.28. The molecule has 634 valence electrons. The van der Waals surface area contributed by atoms with E-state index in [-0.39, 0.29) is 0 Å². The summed E-state index contributed by atoms with van der Waals surface area (Å²) in [7, 11) is 0. The number of aromatic nitrogens is 14. The van der Waals surface area contributed by atoms with Gasteiger partial charge in [0.15, 0.2) is 34.9 Å². The van der Waals surface area contributed by atoms with E-state index in [1.54, 1.807) is 0 Å². The third-order valence-electron chi connectivity index (χ3n) is 27.2. The molecule has 0 saturated carbocycles. The Bertz CT molecular complexity index is 9130. The molecule has 0 unspecified atom stereocenters. The normalized spacial score (nSPS) is 12.5. The van der Waals surface area contributed by atoms with Crippen LogP contribution in [-0.4, -0.2) is 67.7 Å². The van der Waals surface area contributed by atoms with Crippen LogP contribution in [0.25, 0.3) is 246 Å². The first-order valence-corrected chi connectivity index (χ1v) is 45.6. The van der Waals surface area contributed by atoms with Gasteiger partial charge in [-0.3, -0.25) is 13.7 Å². The maximum absolute atomic E-state index is 5.82. The van der Waals surface area contributed by atoms with E-state index in [0.29, 0.717) is 52.8 Å². The number of rotatable bonds is 16. The first-order chi connectivity index (χ1) is 66.6. The Hall–Kier alpha value is -18.0. The molecule has 0 atom stereocenters. The highest BCUT2D eigenvalue weighted by Gasteiger charge is 2.39. The van der Waals surface area contributed by atoms with Gasteiger partial charge >= 0.3 is 0 Å². The molecular weight excluding hydrogens is 1650 g/mol. The van der Waals surface area contributed by atoms with E-state index in [4.69, 9.17) is 44.9 Å². The van der Waals surface area contributed by atoms with Crippen LogP contribution >= 0.6 is 0 Å². The SMILES string of the molecule is C=C/C=C\c1c(C)n(-c2ccccc2)c2c1ccc1c3ccccc3n(-c3nc(-c4ccccc4)nc(-c4cccc(-c5cc6c7ccccc7n(-c7ccccc7)c6c6c5c5ccccc5n6-c5nc(-c6ccc(-c7ccccc7)cc6)nc(-c6ccc(-c7cccc8c7-c7cc9c%10ccccc%10n(-c%10nc(-c%11ccccc%11)nc(-c%11ccccc%11)n%10)c9cc7C8(C)C)cc6)n5)c4)n3)c12. The molecule has 135 heavy (non-hydrogen) atoms. The summed E-state index contributed by atoms with van der Waals surface area (Å²) >= 11 is 0. The van der Waals surface area contributed by atoms with Gasteiger partial charge in [-0.15, -0.1) is 0 Å². The van der Waals surface area contributed by atoms with E-state index in [2.05, 4.69) is 402 Å². The second-order valence-corrected chi connectivity index (χ2v) is 35.2. The molecule has 26 rings (SSSR count). The van der Waals surface area contributed by atoms with E-state index in [1.807, 2.05) is 66.7 Å². The number of allylic oxidation sites excluding steroid dienone is 2. The van der Waals surface area contributed by atoms with Crippen molar-refractivity contribution in [3.8, 4) is 142 Å². The van der Waals surface area contributed by atoms with Gasteiger partial charge in [0.1, 0.15) is 0 Å². The lowest BCUT2D eigenvalue weighted by Gasteiger charge is -2.22. The van der Waals surface area contributed by atoms with Crippen molar-refractivity contribution in [3.63, 3.8) is 0 Å².